The molecule has 0 atom stereocenters. The molecule has 5 heteroatoms. The van der Waals surface area contributed by atoms with E-state index in [9.17, 15) is 10.1 Å². The number of hydrogen-bond acceptors (Lipinski definition) is 3. The van der Waals surface area contributed by atoms with Crippen LogP contribution >= 0.6 is 22.9 Å². The highest BCUT2D eigenvalue weighted by molar-refractivity contribution is 7.22. The van der Waals surface area contributed by atoms with Crippen molar-refractivity contribution in [2.75, 3.05) is 0 Å². The maximum atomic E-state index is 10.7. The predicted molar refractivity (Wildman–Crippen MR) is 58.2 cm³/mol. The summed E-state index contributed by atoms with van der Waals surface area (Å²) in [6.07, 6.45) is 0. The summed E-state index contributed by atoms with van der Waals surface area (Å²) in [7, 11) is 0. The van der Waals surface area contributed by atoms with Gasteiger partial charge in [-0.25, -0.2) is 0 Å². The van der Waals surface area contributed by atoms with Crippen LogP contribution in [-0.2, 0) is 0 Å². The van der Waals surface area contributed by atoms with Gasteiger partial charge in [-0.3, -0.25) is 10.1 Å². The topological polar surface area (TPSA) is 43.1 Å². The van der Waals surface area contributed by atoms with Crippen LogP contribution in [0.3, 0.4) is 0 Å². The fourth-order valence-electron chi connectivity index (χ4n) is 1.36. The number of nitrogens with zero attached hydrogens (tertiary/aromatic N) is 1. The van der Waals surface area contributed by atoms with E-state index in [0.29, 0.717) is 10.6 Å². The third-order valence-corrected chi connectivity index (χ3v) is 3.48. The molecule has 0 radical (unpaired) electrons. The van der Waals surface area contributed by atoms with Gasteiger partial charge in [0.2, 0.25) is 0 Å². The zero-order valence-electron chi connectivity index (χ0n) is 7.28. The molecule has 14 heavy (non-hydrogen) atoms. The van der Waals surface area contributed by atoms with Gasteiger partial charge in [0.05, 0.1) is 4.92 Å². The molecule has 1 heterocycles. The molecule has 2 rings (SSSR count). The van der Waals surface area contributed by atoms with Gasteiger partial charge in [-0.15, -0.1) is 0 Å². The zero-order valence-corrected chi connectivity index (χ0v) is 8.85. The smallest absolute Gasteiger partial charge is 0.258 e. The Morgan fingerprint density at radius 1 is 1.50 bits per heavy atom. The predicted octanol–water partition coefficient (Wildman–Crippen LogP) is 3.77. The number of aryl methyl sites for hydroxylation is 1. The highest BCUT2D eigenvalue weighted by Crippen LogP contribution is 2.37. The van der Waals surface area contributed by atoms with Crippen molar-refractivity contribution < 1.29 is 4.92 Å². The molecule has 72 valence electrons. The van der Waals surface area contributed by atoms with Crippen molar-refractivity contribution >= 4 is 38.0 Å². The molecule has 1 aromatic carbocycles. The van der Waals surface area contributed by atoms with Gasteiger partial charge in [0.25, 0.3) is 0 Å². The lowest BCUT2D eigenvalue weighted by molar-refractivity contribution is -0.380. The van der Waals surface area contributed by atoms with Crippen molar-refractivity contribution in [1.29, 1.82) is 0 Å². The number of thiophene rings is 1. The van der Waals surface area contributed by atoms with Crippen LogP contribution in [0, 0.1) is 17.0 Å². The number of benzene rings is 1. The SMILES string of the molecule is Cc1c([N+](=O)[O-])sc2cc(Cl)ccc12. The van der Waals surface area contributed by atoms with Crippen molar-refractivity contribution in [2.24, 2.45) is 0 Å². The molecule has 0 aliphatic rings. The standard InChI is InChI=1S/C9H6ClNO2S/c1-5-7-3-2-6(10)4-8(7)14-9(5)11(12)13/h2-4H,1H3. The van der Waals surface area contributed by atoms with Crippen LogP contribution in [0.1, 0.15) is 5.56 Å². The number of hydrogen-bond donors (Lipinski definition) is 0. The molecule has 2 aromatic rings. The van der Waals surface area contributed by atoms with Crippen LogP contribution in [0.2, 0.25) is 5.02 Å². The molecule has 1 aromatic heterocycles. The van der Waals surface area contributed by atoms with Crippen molar-refractivity contribution in [3.05, 3.63) is 38.9 Å². The quantitative estimate of drug-likeness (QED) is 0.550. The summed E-state index contributed by atoms with van der Waals surface area (Å²) in [5, 5.41) is 12.4. The highest BCUT2D eigenvalue weighted by Gasteiger charge is 2.17. The fourth-order valence-corrected chi connectivity index (χ4v) is 2.66. The molecular formula is C9H6ClNO2S. The summed E-state index contributed by atoms with van der Waals surface area (Å²) >= 11 is 6.96. The van der Waals surface area contributed by atoms with Gasteiger partial charge >= 0.3 is 5.00 Å². The van der Waals surface area contributed by atoms with Crippen molar-refractivity contribution in [1.82, 2.24) is 0 Å². The number of rotatable bonds is 1. The monoisotopic (exact) mass is 227 g/mol. The van der Waals surface area contributed by atoms with Crippen LogP contribution in [0.4, 0.5) is 5.00 Å². The van der Waals surface area contributed by atoms with E-state index in [-0.39, 0.29) is 9.92 Å². The lowest BCUT2D eigenvalue weighted by atomic mass is 10.2. The first-order valence-corrected chi connectivity index (χ1v) is 5.12. The average molecular weight is 228 g/mol. The summed E-state index contributed by atoms with van der Waals surface area (Å²) in [6, 6.07) is 5.31. The molecule has 0 amide bonds. The molecule has 0 saturated heterocycles. The Kier molecular flexibility index (Phi) is 2.17. The minimum atomic E-state index is -0.353. The van der Waals surface area contributed by atoms with Gasteiger partial charge < -0.3 is 0 Å². The maximum absolute atomic E-state index is 10.7. The van der Waals surface area contributed by atoms with E-state index in [1.165, 1.54) is 0 Å². The highest BCUT2D eigenvalue weighted by atomic mass is 35.5. The minimum absolute atomic E-state index is 0.197. The molecule has 0 aliphatic heterocycles. The maximum Gasteiger partial charge on any atom is 0.328 e. The second-order valence-corrected chi connectivity index (χ2v) is 4.40. The Hall–Kier alpha value is -1.13. The van der Waals surface area contributed by atoms with Gasteiger partial charge in [0, 0.05) is 20.7 Å². The Morgan fingerprint density at radius 3 is 2.86 bits per heavy atom. The largest absolute Gasteiger partial charge is 0.328 e. The molecule has 0 bridgehead atoms. The van der Waals surface area contributed by atoms with Crippen LogP contribution in [-0.4, -0.2) is 4.92 Å². The molecule has 3 nitrogen and oxygen atoms in total. The van der Waals surface area contributed by atoms with Gasteiger partial charge in [0.15, 0.2) is 0 Å². The van der Waals surface area contributed by atoms with Gasteiger partial charge in [0.1, 0.15) is 0 Å². The molecule has 0 N–H and O–H groups in total. The Bertz CT molecular complexity index is 521. The molecule has 0 aliphatic carbocycles. The van der Waals surface area contributed by atoms with Crippen LogP contribution in [0.25, 0.3) is 10.1 Å². The lowest BCUT2D eigenvalue weighted by Gasteiger charge is -1.90. The summed E-state index contributed by atoms with van der Waals surface area (Å²) in [5.74, 6) is 0. The number of fused-ring (bicyclic) bond motifs is 1. The van der Waals surface area contributed by atoms with Crippen LogP contribution < -0.4 is 0 Å². The number of nitro groups is 1. The summed E-state index contributed by atoms with van der Waals surface area (Å²) in [6.45, 7) is 1.75. The first-order chi connectivity index (χ1) is 6.59. The van der Waals surface area contributed by atoms with Crippen molar-refractivity contribution in [2.45, 2.75) is 6.92 Å². The Labute approximate surface area is 89.1 Å². The second kappa shape index (κ2) is 3.22. The van der Waals surface area contributed by atoms with E-state index in [0.717, 1.165) is 21.4 Å². The van der Waals surface area contributed by atoms with E-state index in [1.807, 2.05) is 6.07 Å². The van der Waals surface area contributed by atoms with E-state index >= 15 is 0 Å². The van der Waals surface area contributed by atoms with Gasteiger partial charge in [-0.2, -0.15) is 0 Å². The molecule has 0 spiro atoms. The third-order valence-electron chi connectivity index (χ3n) is 2.04. The summed E-state index contributed by atoms with van der Waals surface area (Å²) < 4.78 is 0.863. The summed E-state index contributed by atoms with van der Waals surface area (Å²) in [4.78, 5) is 10.3. The minimum Gasteiger partial charge on any atom is -0.258 e. The van der Waals surface area contributed by atoms with E-state index in [2.05, 4.69) is 0 Å². The van der Waals surface area contributed by atoms with E-state index in [4.69, 9.17) is 11.6 Å². The Balaban J connectivity index is 2.79. The second-order valence-electron chi connectivity index (χ2n) is 2.93. The van der Waals surface area contributed by atoms with Gasteiger partial charge in [-0.05, 0) is 19.1 Å². The van der Waals surface area contributed by atoms with E-state index in [1.54, 1.807) is 19.1 Å². The van der Waals surface area contributed by atoms with Gasteiger partial charge in [-0.1, -0.05) is 29.0 Å². The lowest BCUT2D eigenvalue weighted by Crippen LogP contribution is -1.84. The Morgan fingerprint density at radius 2 is 2.21 bits per heavy atom. The van der Waals surface area contributed by atoms with Crippen molar-refractivity contribution in [3.63, 3.8) is 0 Å². The van der Waals surface area contributed by atoms with Crippen molar-refractivity contribution in [3.8, 4) is 0 Å². The number of halogens is 1. The average Bonchev–Trinajstić information content (AvgIpc) is 2.43. The van der Waals surface area contributed by atoms with Crippen LogP contribution in [0.15, 0.2) is 18.2 Å². The first-order valence-electron chi connectivity index (χ1n) is 3.92. The molecule has 0 fully saturated rings. The third kappa shape index (κ3) is 1.36. The molecular weight excluding hydrogens is 222 g/mol. The first kappa shape index (κ1) is 9.43. The zero-order chi connectivity index (χ0) is 10.3. The summed E-state index contributed by atoms with van der Waals surface area (Å²) in [5.41, 5.74) is 0.715. The molecule has 0 saturated carbocycles. The fraction of sp³-hybridized carbons (Fsp3) is 0.111. The van der Waals surface area contributed by atoms with Crippen LogP contribution in [0.5, 0.6) is 0 Å². The normalized spacial score (nSPS) is 10.7. The van der Waals surface area contributed by atoms with E-state index < -0.39 is 0 Å². The molecule has 0 unspecified atom stereocenters.